The third kappa shape index (κ3) is 5.85. The molecular formula is C30H25N3O3S. The van der Waals surface area contributed by atoms with Crippen molar-refractivity contribution in [2.45, 2.75) is 20.5 Å². The van der Waals surface area contributed by atoms with Crippen LogP contribution in [0.4, 0.5) is 5.69 Å². The fourth-order valence-corrected chi connectivity index (χ4v) is 4.02. The number of oxazole rings is 1. The molecule has 1 aromatic heterocycles. The Kier molecular flexibility index (Phi) is 6.96. The van der Waals surface area contributed by atoms with Gasteiger partial charge in [0, 0.05) is 16.8 Å². The van der Waals surface area contributed by atoms with Gasteiger partial charge in [0.15, 0.2) is 10.7 Å². The summed E-state index contributed by atoms with van der Waals surface area (Å²) in [6.45, 7) is 4.55. The quantitative estimate of drug-likeness (QED) is 0.246. The SMILES string of the molecule is Cc1ccc(-c2nc3cc(NC(=S)NC(=O)c4cccc(OCc5ccccc5)c4)ccc3o2)cc1C. The van der Waals surface area contributed by atoms with Gasteiger partial charge in [0.05, 0.1) is 0 Å². The molecule has 0 aliphatic heterocycles. The fraction of sp³-hybridized carbons (Fsp3) is 0.100. The van der Waals surface area contributed by atoms with Crippen molar-refractivity contribution in [1.29, 1.82) is 0 Å². The molecule has 0 spiro atoms. The van der Waals surface area contributed by atoms with Gasteiger partial charge in [0.25, 0.3) is 5.91 Å². The van der Waals surface area contributed by atoms with Crippen LogP contribution in [0, 0.1) is 13.8 Å². The summed E-state index contributed by atoms with van der Waals surface area (Å²) in [5.74, 6) is 0.828. The van der Waals surface area contributed by atoms with Crippen LogP contribution in [0.15, 0.2) is 95.4 Å². The lowest BCUT2D eigenvalue weighted by molar-refractivity contribution is 0.0977. The van der Waals surface area contributed by atoms with Crippen molar-refractivity contribution in [3.8, 4) is 17.2 Å². The first-order valence-electron chi connectivity index (χ1n) is 11.8. The van der Waals surface area contributed by atoms with Crippen molar-refractivity contribution >= 4 is 40.0 Å². The van der Waals surface area contributed by atoms with Gasteiger partial charge in [-0.2, -0.15) is 0 Å². The standard InChI is InChI=1S/C30H25N3O3S/c1-19-11-12-23(15-20(19)2)29-32-26-17-24(13-14-27(26)36-29)31-30(37)33-28(34)22-9-6-10-25(16-22)35-18-21-7-4-3-5-8-21/h3-17H,18H2,1-2H3,(H2,31,33,34,37). The normalized spacial score (nSPS) is 10.8. The molecule has 2 N–H and O–H groups in total. The van der Waals surface area contributed by atoms with Crippen LogP contribution in [0.2, 0.25) is 0 Å². The van der Waals surface area contributed by atoms with Crippen LogP contribution in [0.25, 0.3) is 22.6 Å². The molecule has 7 heteroatoms. The highest BCUT2D eigenvalue weighted by Crippen LogP contribution is 2.27. The fourth-order valence-electron chi connectivity index (χ4n) is 3.81. The average Bonchev–Trinajstić information content (AvgIpc) is 3.33. The molecule has 0 atom stereocenters. The summed E-state index contributed by atoms with van der Waals surface area (Å²) in [5, 5.41) is 5.95. The number of thiocarbonyl (C=S) groups is 1. The second-order valence-electron chi connectivity index (χ2n) is 8.71. The predicted octanol–water partition coefficient (Wildman–Crippen LogP) is 6.82. The van der Waals surface area contributed by atoms with Crippen LogP contribution >= 0.6 is 12.2 Å². The smallest absolute Gasteiger partial charge is 0.257 e. The van der Waals surface area contributed by atoms with E-state index in [1.165, 1.54) is 11.1 Å². The first-order chi connectivity index (χ1) is 17.9. The Morgan fingerprint density at radius 2 is 1.76 bits per heavy atom. The molecule has 4 aromatic carbocycles. The maximum absolute atomic E-state index is 12.8. The summed E-state index contributed by atoms with van der Waals surface area (Å²) >= 11 is 5.37. The van der Waals surface area contributed by atoms with E-state index in [1.807, 2.05) is 60.7 Å². The molecule has 6 nitrogen and oxygen atoms in total. The number of amides is 1. The lowest BCUT2D eigenvalue weighted by atomic mass is 10.1. The summed E-state index contributed by atoms with van der Waals surface area (Å²) in [4.78, 5) is 17.4. The Labute approximate surface area is 220 Å². The Balaban J connectivity index is 1.22. The van der Waals surface area contributed by atoms with Gasteiger partial charge in [-0.25, -0.2) is 4.98 Å². The molecule has 0 fully saturated rings. The first kappa shape index (κ1) is 24.2. The molecule has 37 heavy (non-hydrogen) atoms. The van der Waals surface area contributed by atoms with Crippen LogP contribution in [0.5, 0.6) is 5.75 Å². The molecule has 0 unspecified atom stereocenters. The summed E-state index contributed by atoms with van der Waals surface area (Å²) in [5.41, 5.74) is 6.86. The number of benzene rings is 4. The second kappa shape index (κ2) is 10.6. The lowest BCUT2D eigenvalue weighted by Gasteiger charge is -2.11. The van der Waals surface area contributed by atoms with Gasteiger partial charge in [0.2, 0.25) is 5.89 Å². The molecule has 5 aromatic rings. The van der Waals surface area contributed by atoms with E-state index in [-0.39, 0.29) is 11.0 Å². The summed E-state index contributed by atoms with van der Waals surface area (Å²) in [6, 6.07) is 28.4. The molecule has 1 heterocycles. The summed E-state index contributed by atoms with van der Waals surface area (Å²) < 4.78 is 11.8. The van der Waals surface area contributed by atoms with Gasteiger partial charge in [0.1, 0.15) is 17.9 Å². The number of carbonyl (C=O) groups excluding carboxylic acids is 1. The molecule has 0 aliphatic carbocycles. The van der Waals surface area contributed by atoms with Gasteiger partial charge < -0.3 is 14.5 Å². The Morgan fingerprint density at radius 3 is 2.57 bits per heavy atom. The highest BCUT2D eigenvalue weighted by Gasteiger charge is 2.12. The second-order valence-corrected chi connectivity index (χ2v) is 9.12. The maximum atomic E-state index is 12.8. The highest BCUT2D eigenvalue weighted by atomic mass is 32.1. The minimum absolute atomic E-state index is 0.179. The predicted molar refractivity (Wildman–Crippen MR) is 150 cm³/mol. The van der Waals surface area contributed by atoms with E-state index >= 15 is 0 Å². The van der Waals surface area contributed by atoms with Crippen molar-refractivity contribution in [3.63, 3.8) is 0 Å². The van der Waals surface area contributed by atoms with Crippen LogP contribution in [-0.2, 0) is 6.61 Å². The number of ether oxygens (including phenoxy) is 1. The van der Waals surface area contributed by atoms with E-state index < -0.39 is 0 Å². The summed E-state index contributed by atoms with van der Waals surface area (Å²) in [6.07, 6.45) is 0. The summed E-state index contributed by atoms with van der Waals surface area (Å²) in [7, 11) is 0. The third-order valence-corrected chi connectivity index (χ3v) is 6.18. The van der Waals surface area contributed by atoms with Crippen molar-refractivity contribution in [2.75, 3.05) is 5.32 Å². The van der Waals surface area contributed by atoms with E-state index in [0.717, 1.165) is 11.1 Å². The van der Waals surface area contributed by atoms with Crippen molar-refractivity contribution in [3.05, 3.63) is 113 Å². The minimum atomic E-state index is -0.331. The van der Waals surface area contributed by atoms with Crippen LogP contribution in [-0.4, -0.2) is 16.0 Å². The van der Waals surface area contributed by atoms with Crippen LogP contribution < -0.4 is 15.4 Å². The van der Waals surface area contributed by atoms with Gasteiger partial charge in [-0.3, -0.25) is 10.1 Å². The molecule has 0 bridgehead atoms. The van der Waals surface area contributed by atoms with Crippen molar-refractivity contribution in [1.82, 2.24) is 10.3 Å². The maximum Gasteiger partial charge on any atom is 0.257 e. The third-order valence-electron chi connectivity index (χ3n) is 5.97. The van der Waals surface area contributed by atoms with Gasteiger partial charge in [-0.1, -0.05) is 42.5 Å². The largest absolute Gasteiger partial charge is 0.489 e. The molecule has 5 rings (SSSR count). The van der Waals surface area contributed by atoms with Crippen LogP contribution in [0.3, 0.4) is 0 Å². The number of fused-ring (bicyclic) bond motifs is 1. The molecule has 0 radical (unpaired) electrons. The van der Waals surface area contributed by atoms with E-state index in [1.54, 1.807) is 18.2 Å². The highest BCUT2D eigenvalue weighted by molar-refractivity contribution is 7.80. The zero-order valence-electron chi connectivity index (χ0n) is 20.4. The first-order valence-corrected chi connectivity index (χ1v) is 12.2. The molecule has 0 saturated heterocycles. The van der Waals surface area contributed by atoms with Gasteiger partial charge in [-0.15, -0.1) is 0 Å². The van der Waals surface area contributed by atoms with E-state index in [9.17, 15) is 4.79 Å². The number of nitrogens with zero attached hydrogens (tertiary/aromatic N) is 1. The number of aryl methyl sites for hydroxylation is 2. The van der Waals surface area contributed by atoms with Gasteiger partial charge >= 0.3 is 0 Å². The zero-order valence-corrected chi connectivity index (χ0v) is 21.3. The number of hydrogen-bond donors (Lipinski definition) is 2. The number of hydrogen-bond acceptors (Lipinski definition) is 5. The average molecular weight is 508 g/mol. The molecule has 0 aliphatic rings. The van der Waals surface area contributed by atoms with E-state index in [4.69, 9.17) is 21.4 Å². The van der Waals surface area contributed by atoms with Gasteiger partial charge in [-0.05, 0) is 91.3 Å². The Morgan fingerprint density at radius 1 is 0.919 bits per heavy atom. The molecule has 0 saturated carbocycles. The number of nitrogens with one attached hydrogen (secondary N) is 2. The number of carbonyl (C=O) groups is 1. The topological polar surface area (TPSA) is 76.4 Å². The Hall–Kier alpha value is -4.49. The Bertz CT molecular complexity index is 1590. The monoisotopic (exact) mass is 507 g/mol. The lowest BCUT2D eigenvalue weighted by Crippen LogP contribution is -2.34. The van der Waals surface area contributed by atoms with Crippen LogP contribution in [0.1, 0.15) is 27.0 Å². The van der Waals surface area contributed by atoms with E-state index in [2.05, 4.69) is 41.6 Å². The van der Waals surface area contributed by atoms with E-state index in [0.29, 0.717) is 40.6 Å². The van der Waals surface area contributed by atoms with Crippen molar-refractivity contribution < 1.29 is 13.9 Å². The zero-order chi connectivity index (χ0) is 25.8. The molecule has 184 valence electrons. The number of aromatic nitrogens is 1. The van der Waals surface area contributed by atoms with Crippen molar-refractivity contribution in [2.24, 2.45) is 0 Å². The number of anilines is 1. The minimum Gasteiger partial charge on any atom is -0.489 e. The molecular weight excluding hydrogens is 482 g/mol. The molecule has 1 amide bonds. The number of rotatable bonds is 6.